The van der Waals surface area contributed by atoms with Crippen LogP contribution in [0.5, 0.6) is 0 Å². The first kappa shape index (κ1) is 19.8. The van der Waals surface area contributed by atoms with Crippen LogP contribution < -0.4 is 5.73 Å². The lowest BCUT2D eigenvalue weighted by atomic mass is 9.78. The SMILES string of the molecule is C=Cc1c(N)cc(C(F)(F)F)cc1C1CCN(S(=C)(C)=O)C(C)(C)C1. The van der Waals surface area contributed by atoms with Crippen molar-refractivity contribution in [1.82, 2.24) is 4.31 Å². The topological polar surface area (TPSA) is 46.3 Å². The molecule has 140 valence electrons. The minimum atomic E-state index is -4.45. The van der Waals surface area contributed by atoms with Crippen molar-refractivity contribution < 1.29 is 17.4 Å². The fraction of sp³-hybridized carbons (Fsp3) is 0.500. The van der Waals surface area contributed by atoms with Crippen molar-refractivity contribution in [3.8, 4) is 0 Å². The van der Waals surface area contributed by atoms with Gasteiger partial charge in [-0.3, -0.25) is 4.21 Å². The molecule has 0 bridgehead atoms. The number of piperidine rings is 1. The van der Waals surface area contributed by atoms with Crippen LogP contribution in [0.4, 0.5) is 18.9 Å². The third-order valence-corrected chi connectivity index (χ3v) is 6.39. The molecule has 1 aromatic rings. The third-order valence-electron chi connectivity index (χ3n) is 4.78. The number of anilines is 1. The number of rotatable bonds is 3. The first-order valence-electron chi connectivity index (χ1n) is 8.00. The molecular formula is C18H25F3N2OS. The van der Waals surface area contributed by atoms with E-state index in [2.05, 4.69) is 12.4 Å². The minimum absolute atomic E-state index is 0.0801. The molecule has 1 aliphatic heterocycles. The molecule has 0 radical (unpaired) electrons. The zero-order chi connectivity index (χ0) is 19.2. The molecular weight excluding hydrogens is 349 g/mol. The third kappa shape index (κ3) is 4.03. The molecule has 3 nitrogen and oxygen atoms in total. The van der Waals surface area contributed by atoms with Crippen molar-refractivity contribution >= 4 is 27.3 Å². The molecule has 1 fully saturated rings. The Bertz CT molecular complexity index is 782. The highest BCUT2D eigenvalue weighted by molar-refractivity contribution is 7.97. The number of hydrogen-bond donors (Lipinski definition) is 1. The monoisotopic (exact) mass is 374 g/mol. The van der Waals surface area contributed by atoms with Crippen LogP contribution in [0, 0.1) is 0 Å². The van der Waals surface area contributed by atoms with Crippen molar-refractivity contribution in [3.63, 3.8) is 0 Å². The summed E-state index contributed by atoms with van der Waals surface area (Å²) in [6.07, 6.45) is -0.203. The van der Waals surface area contributed by atoms with Crippen LogP contribution >= 0.6 is 0 Å². The normalized spacial score (nSPS) is 23.8. The van der Waals surface area contributed by atoms with E-state index >= 15 is 0 Å². The van der Waals surface area contributed by atoms with E-state index in [1.165, 1.54) is 12.1 Å². The summed E-state index contributed by atoms with van der Waals surface area (Å²) in [4.78, 5) is 0. The van der Waals surface area contributed by atoms with Crippen LogP contribution in [0.2, 0.25) is 0 Å². The predicted octanol–water partition coefficient (Wildman–Crippen LogP) is 4.15. The Hall–Kier alpha value is -1.47. The van der Waals surface area contributed by atoms with Gasteiger partial charge in [0.25, 0.3) is 0 Å². The molecule has 0 amide bonds. The summed E-state index contributed by atoms with van der Waals surface area (Å²) in [5.41, 5.74) is 5.86. The van der Waals surface area contributed by atoms with Crippen molar-refractivity contribution in [2.45, 2.75) is 44.3 Å². The summed E-state index contributed by atoms with van der Waals surface area (Å²) < 4.78 is 53.8. The molecule has 0 saturated carbocycles. The van der Waals surface area contributed by atoms with Gasteiger partial charge in [-0.25, -0.2) is 4.31 Å². The maximum atomic E-state index is 13.2. The van der Waals surface area contributed by atoms with Crippen LogP contribution in [0.15, 0.2) is 18.7 Å². The molecule has 1 aromatic carbocycles. The number of hydrogen-bond acceptors (Lipinski definition) is 2. The van der Waals surface area contributed by atoms with E-state index in [4.69, 9.17) is 5.73 Å². The molecule has 0 aromatic heterocycles. The first-order valence-corrected chi connectivity index (χ1v) is 10.1. The summed E-state index contributed by atoms with van der Waals surface area (Å²) in [5, 5.41) is 0. The molecule has 25 heavy (non-hydrogen) atoms. The Balaban J connectivity index is 2.49. The largest absolute Gasteiger partial charge is 0.416 e. The van der Waals surface area contributed by atoms with Crippen molar-refractivity contribution in [2.75, 3.05) is 18.5 Å². The second-order valence-electron chi connectivity index (χ2n) is 7.33. The number of alkyl halides is 3. The molecule has 7 heteroatoms. The van der Waals surface area contributed by atoms with Crippen LogP contribution in [0.3, 0.4) is 0 Å². The average molecular weight is 374 g/mol. The molecule has 2 rings (SSSR count). The first-order chi connectivity index (χ1) is 11.3. The Morgan fingerprint density at radius 1 is 1.40 bits per heavy atom. The quantitative estimate of drug-likeness (QED) is 0.638. The zero-order valence-corrected chi connectivity index (χ0v) is 15.6. The summed E-state index contributed by atoms with van der Waals surface area (Å²) in [6, 6.07) is 2.13. The van der Waals surface area contributed by atoms with Gasteiger partial charge in [-0.15, -0.1) is 0 Å². The smallest absolute Gasteiger partial charge is 0.398 e. The van der Waals surface area contributed by atoms with Crippen LogP contribution in [-0.2, 0) is 15.9 Å². The fourth-order valence-electron chi connectivity index (χ4n) is 3.80. The lowest BCUT2D eigenvalue weighted by Crippen LogP contribution is -2.51. The molecule has 0 spiro atoms. The van der Waals surface area contributed by atoms with Gasteiger partial charge in [0.1, 0.15) is 0 Å². The maximum Gasteiger partial charge on any atom is 0.416 e. The maximum absolute atomic E-state index is 13.2. The summed E-state index contributed by atoms with van der Waals surface area (Å²) in [5.74, 6) is 3.63. The summed E-state index contributed by atoms with van der Waals surface area (Å²) in [7, 11) is -2.39. The van der Waals surface area contributed by atoms with Gasteiger partial charge in [-0.05, 0) is 56.2 Å². The van der Waals surface area contributed by atoms with Gasteiger partial charge in [0.2, 0.25) is 0 Å². The Kier molecular flexibility index (Phi) is 5.05. The highest BCUT2D eigenvalue weighted by Crippen LogP contribution is 2.43. The van der Waals surface area contributed by atoms with Gasteiger partial charge in [0.15, 0.2) is 0 Å². The second-order valence-corrected chi connectivity index (χ2v) is 9.69. The Labute approximate surface area is 147 Å². The van der Waals surface area contributed by atoms with E-state index in [1.54, 1.807) is 6.26 Å². The van der Waals surface area contributed by atoms with Gasteiger partial charge in [0.05, 0.1) is 5.56 Å². The molecule has 1 saturated heterocycles. The second kappa shape index (κ2) is 6.36. The van der Waals surface area contributed by atoms with E-state index < -0.39 is 27.0 Å². The molecule has 0 aliphatic carbocycles. The molecule has 2 N–H and O–H groups in total. The highest BCUT2D eigenvalue weighted by atomic mass is 32.2. The minimum Gasteiger partial charge on any atom is -0.398 e. The number of benzene rings is 1. The van der Waals surface area contributed by atoms with E-state index in [1.807, 2.05) is 18.2 Å². The molecule has 1 aliphatic rings. The molecule has 2 atom stereocenters. The number of nitrogens with two attached hydrogens (primary N) is 1. The van der Waals surface area contributed by atoms with Crippen molar-refractivity contribution in [1.29, 1.82) is 0 Å². The van der Waals surface area contributed by atoms with E-state index in [0.29, 0.717) is 30.5 Å². The Morgan fingerprint density at radius 3 is 2.44 bits per heavy atom. The Morgan fingerprint density at radius 2 is 2.00 bits per heavy atom. The number of nitrogens with zero attached hydrogens (tertiary/aromatic N) is 1. The average Bonchev–Trinajstić information content (AvgIpc) is 2.42. The molecule has 1 heterocycles. The van der Waals surface area contributed by atoms with Crippen LogP contribution in [0.1, 0.15) is 49.3 Å². The number of nitrogen functional groups attached to an aromatic ring is 1. The molecule has 2 unspecified atom stereocenters. The highest BCUT2D eigenvalue weighted by Gasteiger charge is 2.40. The van der Waals surface area contributed by atoms with Gasteiger partial charge >= 0.3 is 6.18 Å². The van der Waals surface area contributed by atoms with E-state index in [-0.39, 0.29) is 11.6 Å². The van der Waals surface area contributed by atoms with Crippen LogP contribution in [0.25, 0.3) is 6.08 Å². The fourth-order valence-corrected chi connectivity index (χ4v) is 5.41. The number of halogens is 3. The predicted molar refractivity (Wildman–Crippen MR) is 99.9 cm³/mol. The standard InChI is InChI=1S/C18H25F3N2OS/c1-6-14-15(9-13(10-16(14)22)18(19,20)21)12-7-8-23(25(4,5)24)17(2,3)11-12/h6,9-10,12H,1,4,7-8,11,22H2,2-3,5H3. The zero-order valence-electron chi connectivity index (χ0n) is 14.8. The lowest BCUT2D eigenvalue weighted by molar-refractivity contribution is -0.137. The van der Waals surface area contributed by atoms with E-state index in [0.717, 1.165) is 6.07 Å². The van der Waals surface area contributed by atoms with Crippen LogP contribution in [-0.4, -0.2) is 32.7 Å². The van der Waals surface area contributed by atoms with E-state index in [9.17, 15) is 17.4 Å². The van der Waals surface area contributed by atoms with Gasteiger partial charge < -0.3 is 5.73 Å². The van der Waals surface area contributed by atoms with Crippen molar-refractivity contribution in [2.24, 2.45) is 0 Å². The van der Waals surface area contributed by atoms with Gasteiger partial charge in [-0.1, -0.05) is 12.7 Å². The van der Waals surface area contributed by atoms with Crippen molar-refractivity contribution in [3.05, 3.63) is 35.4 Å². The lowest BCUT2D eigenvalue weighted by Gasteiger charge is -2.46. The summed E-state index contributed by atoms with van der Waals surface area (Å²) in [6.45, 7) is 8.09. The summed E-state index contributed by atoms with van der Waals surface area (Å²) >= 11 is 0. The van der Waals surface area contributed by atoms with Gasteiger partial charge in [0, 0.05) is 39.3 Å². The van der Waals surface area contributed by atoms with Gasteiger partial charge in [-0.2, -0.15) is 13.2 Å².